The summed E-state index contributed by atoms with van der Waals surface area (Å²) >= 11 is 0. The Bertz CT molecular complexity index is 1730. The van der Waals surface area contributed by atoms with Gasteiger partial charge in [0.05, 0.1) is 28.6 Å². The zero-order chi connectivity index (χ0) is 22.9. The molecule has 0 amide bonds. The molecule has 0 unspecified atom stereocenters. The summed E-state index contributed by atoms with van der Waals surface area (Å²) in [5.41, 5.74) is 8.88. The van der Waals surface area contributed by atoms with Crippen LogP contribution in [0.25, 0.3) is 50.3 Å². The monoisotopic (exact) mass is 438 g/mol. The summed E-state index contributed by atoms with van der Waals surface area (Å²) in [4.78, 5) is 14.7. The van der Waals surface area contributed by atoms with Crippen LogP contribution < -0.4 is 0 Å². The van der Waals surface area contributed by atoms with E-state index in [1.54, 1.807) is 0 Å². The van der Waals surface area contributed by atoms with Crippen molar-refractivity contribution in [2.75, 3.05) is 0 Å². The molecule has 1 aliphatic carbocycles. The van der Waals surface area contributed by atoms with Gasteiger partial charge in [-0.3, -0.25) is 9.55 Å². The van der Waals surface area contributed by atoms with E-state index in [2.05, 4.69) is 90.1 Å². The average molecular weight is 439 g/mol. The molecule has 0 saturated carbocycles. The maximum Gasteiger partial charge on any atom is 0.235 e. The molecular weight excluding hydrogens is 416 g/mol. The highest BCUT2D eigenvalue weighted by Crippen LogP contribution is 2.53. The van der Waals surface area contributed by atoms with Crippen LogP contribution in [0.15, 0.2) is 97.3 Å². The molecule has 6 aromatic rings. The Labute approximate surface area is 197 Å². The summed E-state index contributed by atoms with van der Waals surface area (Å²) in [6, 6.07) is 29.4. The van der Waals surface area contributed by atoms with Gasteiger partial charge in [0.1, 0.15) is 0 Å². The van der Waals surface area contributed by atoms with Crippen molar-refractivity contribution in [3.05, 3.63) is 108 Å². The number of benzene rings is 3. The summed E-state index contributed by atoms with van der Waals surface area (Å²) in [6.45, 7) is 4.61. The van der Waals surface area contributed by atoms with Crippen molar-refractivity contribution >= 4 is 21.8 Å². The minimum atomic E-state index is -0.129. The van der Waals surface area contributed by atoms with Crippen molar-refractivity contribution < 1.29 is 0 Å². The molecule has 7 rings (SSSR count). The Balaban J connectivity index is 1.63. The van der Waals surface area contributed by atoms with Crippen LogP contribution >= 0.6 is 0 Å². The molecule has 34 heavy (non-hydrogen) atoms. The van der Waals surface area contributed by atoms with Gasteiger partial charge in [0, 0.05) is 33.5 Å². The Kier molecular flexibility index (Phi) is 3.86. The second kappa shape index (κ2) is 6.84. The largest absolute Gasteiger partial charge is 0.276 e. The lowest BCUT2D eigenvalue weighted by Crippen LogP contribution is -2.14. The standard InChI is InChI=1S/C30H22N4/c1-30(2)23-14-8-6-12-20(23)28-26(30)22-16-17-31-18-25(22)34(28)29-32-24-15-9-7-13-21(24)27(33-29)19-10-4-3-5-11-19/h3-18H,1-2H3. The van der Waals surface area contributed by atoms with E-state index in [0.717, 1.165) is 33.4 Å². The molecule has 0 saturated heterocycles. The molecule has 0 atom stereocenters. The minimum Gasteiger partial charge on any atom is -0.276 e. The molecule has 0 fully saturated rings. The molecule has 0 N–H and O–H groups in total. The van der Waals surface area contributed by atoms with Gasteiger partial charge in [-0.1, -0.05) is 86.6 Å². The molecule has 0 bridgehead atoms. The van der Waals surface area contributed by atoms with Crippen LogP contribution in [0.3, 0.4) is 0 Å². The van der Waals surface area contributed by atoms with E-state index in [1.807, 2.05) is 30.6 Å². The number of para-hydroxylation sites is 1. The molecule has 3 heterocycles. The van der Waals surface area contributed by atoms with E-state index in [9.17, 15) is 0 Å². The Morgan fingerprint density at radius 2 is 1.50 bits per heavy atom. The number of fused-ring (bicyclic) bond motifs is 6. The van der Waals surface area contributed by atoms with Gasteiger partial charge >= 0.3 is 0 Å². The molecule has 4 nitrogen and oxygen atoms in total. The van der Waals surface area contributed by atoms with Crippen molar-refractivity contribution in [3.8, 4) is 28.5 Å². The number of hydrogen-bond acceptors (Lipinski definition) is 3. The molecule has 162 valence electrons. The van der Waals surface area contributed by atoms with Crippen LogP contribution in [0, 0.1) is 0 Å². The van der Waals surface area contributed by atoms with Gasteiger partial charge in [-0.25, -0.2) is 9.97 Å². The fourth-order valence-corrected chi connectivity index (χ4v) is 5.58. The first-order chi connectivity index (χ1) is 16.6. The van der Waals surface area contributed by atoms with Crippen molar-refractivity contribution in [2.45, 2.75) is 19.3 Å². The SMILES string of the molecule is CC1(C)c2ccccc2-c2c1c1ccncc1n2-c1nc(-c2ccccc2)c2ccccc2n1. The van der Waals surface area contributed by atoms with Crippen molar-refractivity contribution in [1.82, 2.24) is 19.5 Å². The molecule has 3 aromatic carbocycles. The average Bonchev–Trinajstić information content (AvgIpc) is 3.35. The van der Waals surface area contributed by atoms with Crippen LogP contribution in [-0.4, -0.2) is 19.5 Å². The number of aromatic nitrogens is 4. The van der Waals surface area contributed by atoms with Gasteiger partial charge in [-0.05, 0) is 23.3 Å². The van der Waals surface area contributed by atoms with Gasteiger partial charge in [0.25, 0.3) is 0 Å². The van der Waals surface area contributed by atoms with Crippen LogP contribution in [-0.2, 0) is 5.41 Å². The normalized spacial score (nSPS) is 13.8. The number of hydrogen-bond donors (Lipinski definition) is 0. The van der Waals surface area contributed by atoms with E-state index >= 15 is 0 Å². The second-order valence-corrected chi connectivity index (χ2v) is 9.38. The van der Waals surface area contributed by atoms with Crippen molar-refractivity contribution in [2.24, 2.45) is 0 Å². The summed E-state index contributed by atoms with van der Waals surface area (Å²) in [7, 11) is 0. The quantitative estimate of drug-likeness (QED) is 0.294. The molecule has 0 spiro atoms. The molecule has 4 heteroatoms. The molecule has 0 aliphatic heterocycles. The lowest BCUT2D eigenvalue weighted by molar-refractivity contribution is 0.666. The highest BCUT2D eigenvalue weighted by molar-refractivity contribution is 5.99. The van der Waals surface area contributed by atoms with E-state index < -0.39 is 0 Å². The Morgan fingerprint density at radius 3 is 2.38 bits per heavy atom. The number of nitrogens with zero attached hydrogens (tertiary/aromatic N) is 4. The van der Waals surface area contributed by atoms with E-state index in [1.165, 1.54) is 22.1 Å². The zero-order valence-corrected chi connectivity index (χ0v) is 19.0. The smallest absolute Gasteiger partial charge is 0.235 e. The van der Waals surface area contributed by atoms with Crippen LogP contribution in [0.5, 0.6) is 0 Å². The fourth-order valence-electron chi connectivity index (χ4n) is 5.58. The minimum absolute atomic E-state index is 0.129. The van der Waals surface area contributed by atoms with Crippen molar-refractivity contribution in [3.63, 3.8) is 0 Å². The van der Waals surface area contributed by atoms with Crippen molar-refractivity contribution in [1.29, 1.82) is 0 Å². The van der Waals surface area contributed by atoms with Gasteiger partial charge < -0.3 is 0 Å². The molecule has 0 radical (unpaired) electrons. The van der Waals surface area contributed by atoms with Crippen LogP contribution in [0.4, 0.5) is 0 Å². The van der Waals surface area contributed by atoms with Crippen LogP contribution in [0.1, 0.15) is 25.0 Å². The predicted octanol–water partition coefficient (Wildman–Crippen LogP) is 6.94. The molecule has 3 aromatic heterocycles. The lowest BCUT2D eigenvalue weighted by Gasteiger charge is -2.21. The highest BCUT2D eigenvalue weighted by Gasteiger charge is 2.40. The van der Waals surface area contributed by atoms with Gasteiger partial charge in [0.15, 0.2) is 0 Å². The maximum absolute atomic E-state index is 5.19. The van der Waals surface area contributed by atoms with E-state index in [0.29, 0.717) is 5.95 Å². The summed E-state index contributed by atoms with van der Waals surface area (Å²) < 4.78 is 2.21. The third kappa shape index (κ3) is 2.51. The van der Waals surface area contributed by atoms with E-state index in [4.69, 9.17) is 9.97 Å². The van der Waals surface area contributed by atoms with Gasteiger partial charge in [0.2, 0.25) is 5.95 Å². The molecule has 1 aliphatic rings. The maximum atomic E-state index is 5.19. The Morgan fingerprint density at radius 1 is 0.735 bits per heavy atom. The third-order valence-electron chi connectivity index (χ3n) is 7.09. The first-order valence-corrected chi connectivity index (χ1v) is 11.6. The van der Waals surface area contributed by atoms with Crippen LogP contribution in [0.2, 0.25) is 0 Å². The summed E-state index contributed by atoms with van der Waals surface area (Å²) in [6.07, 6.45) is 3.82. The predicted molar refractivity (Wildman–Crippen MR) is 137 cm³/mol. The number of rotatable bonds is 2. The molecular formula is C30H22N4. The topological polar surface area (TPSA) is 43.6 Å². The summed E-state index contributed by atoms with van der Waals surface area (Å²) in [5.74, 6) is 0.671. The van der Waals surface area contributed by atoms with Gasteiger partial charge in [-0.15, -0.1) is 0 Å². The van der Waals surface area contributed by atoms with Gasteiger partial charge in [-0.2, -0.15) is 0 Å². The first-order valence-electron chi connectivity index (χ1n) is 11.6. The first kappa shape index (κ1) is 19.2. The summed E-state index contributed by atoms with van der Waals surface area (Å²) in [5, 5.41) is 2.24. The Hall–Kier alpha value is -4.31. The van der Waals surface area contributed by atoms with E-state index in [-0.39, 0.29) is 5.41 Å². The lowest BCUT2D eigenvalue weighted by atomic mass is 9.82. The zero-order valence-electron chi connectivity index (χ0n) is 19.0. The highest BCUT2D eigenvalue weighted by atomic mass is 15.2. The third-order valence-corrected chi connectivity index (χ3v) is 7.09. The number of pyridine rings is 1. The second-order valence-electron chi connectivity index (χ2n) is 9.38. The fraction of sp³-hybridized carbons (Fsp3) is 0.100.